The first kappa shape index (κ1) is 17.5. The summed E-state index contributed by atoms with van der Waals surface area (Å²) in [7, 11) is 0. The number of fused-ring (bicyclic) bond motifs is 3. The Kier molecular flexibility index (Phi) is 4.28. The molecular formula is C22H28N2O2. The second kappa shape index (κ2) is 6.36. The van der Waals surface area contributed by atoms with E-state index in [2.05, 4.69) is 54.0 Å². The Labute approximate surface area is 155 Å². The first-order chi connectivity index (χ1) is 12.6. The molecule has 0 amide bonds. The zero-order valence-corrected chi connectivity index (χ0v) is 16.2. The van der Waals surface area contributed by atoms with Gasteiger partial charge in [0.1, 0.15) is 0 Å². The highest BCUT2D eigenvalue weighted by Crippen LogP contribution is 2.58. The summed E-state index contributed by atoms with van der Waals surface area (Å²) in [4.78, 5) is 0. The van der Waals surface area contributed by atoms with Gasteiger partial charge >= 0.3 is 0 Å². The number of hydrogen-bond donors (Lipinski definition) is 0. The molecular weight excluding hydrogens is 324 g/mol. The molecule has 1 aliphatic heterocycles. The van der Waals surface area contributed by atoms with Gasteiger partial charge in [0, 0.05) is 11.8 Å². The average molecular weight is 352 g/mol. The molecule has 1 saturated carbocycles. The van der Waals surface area contributed by atoms with E-state index in [1.165, 1.54) is 22.4 Å². The van der Waals surface area contributed by atoms with Gasteiger partial charge < -0.3 is 9.47 Å². The van der Waals surface area contributed by atoms with Crippen LogP contribution in [0.3, 0.4) is 0 Å². The number of hydrogen-bond acceptors (Lipinski definition) is 3. The van der Waals surface area contributed by atoms with Gasteiger partial charge in [-0.1, -0.05) is 44.0 Å². The lowest BCUT2D eigenvalue weighted by Crippen LogP contribution is -2.46. The summed E-state index contributed by atoms with van der Waals surface area (Å²) in [5, 5.41) is 4.66. The molecule has 2 aliphatic carbocycles. The van der Waals surface area contributed by atoms with Crippen LogP contribution >= 0.6 is 0 Å². The number of aryl methyl sites for hydroxylation is 1. The topological polar surface area (TPSA) is 36.3 Å². The normalized spacial score (nSPS) is 25.3. The van der Waals surface area contributed by atoms with Gasteiger partial charge in [0.25, 0.3) is 0 Å². The predicted molar refractivity (Wildman–Crippen MR) is 103 cm³/mol. The van der Waals surface area contributed by atoms with Gasteiger partial charge in [-0.3, -0.25) is 0 Å². The highest BCUT2D eigenvalue weighted by molar-refractivity contribution is 5.62. The van der Waals surface area contributed by atoms with E-state index in [-0.39, 0.29) is 5.41 Å². The molecule has 1 atom stereocenters. The van der Waals surface area contributed by atoms with E-state index in [4.69, 9.17) is 9.47 Å². The Bertz CT molecular complexity index is 828. The summed E-state index contributed by atoms with van der Waals surface area (Å²) in [6.45, 7) is 9.81. The van der Waals surface area contributed by atoms with Crippen molar-refractivity contribution in [1.82, 2.24) is 9.78 Å². The monoisotopic (exact) mass is 352 g/mol. The van der Waals surface area contributed by atoms with E-state index in [0.29, 0.717) is 13.2 Å². The van der Waals surface area contributed by atoms with Crippen LogP contribution in [0.5, 0.6) is 0 Å². The molecule has 138 valence electrons. The lowest BCUT2D eigenvalue weighted by molar-refractivity contribution is -0.208. The Hall–Kier alpha value is -1.91. The summed E-state index contributed by atoms with van der Waals surface area (Å²) in [5.74, 6) is -0.428. The fourth-order valence-electron chi connectivity index (χ4n) is 4.61. The Morgan fingerprint density at radius 1 is 1.08 bits per heavy atom. The number of aromatic nitrogens is 2. The summed E-state index contributed by atoms with van der Waals surface area (Å²) in [6, 6.07) is 8.53. The number of rotatable bonds is 1. The van der Waals surface area contributed by atoms with Crippen molar-refractivity contribution in [2.45, 2.75) is 52.7 Å². The zero-order chi connectivity index (χ0) is 18.4. The standard InChI is InChI=1S/C20H22N2O2.C2H6/c1-14-3-5-17(6-4-14)22-18-11-16-7-8-20(23-9-10-24-20)19(16,2)12-15(18)13-21-22;1-2/h3-6,11,13H,7-10,12H2,1-2H3;1-2H3. The minimum absolute atomic E-state index is 0.0718. The van der Waals surface area contributed by atoms with Crippen LogP contribution < -0.4 is 0 Å². The quantitative estimate of drug-likeness (QED) is 0.747. The van der Waals surface area contributed by atoms with Gasteiger partial charge in [-0.25, -0.2) is 4.68 Å². The third-order valence-corrected chi connectivity index (χ3v) is 6.05. The second-order valence-corrected chi connectivity index (χ2v) is 7.43. The number of ether oxygens (including phenoxy) is 2. The molecule has 4 heteroatoms. The van der Waals surface area contributed by atoms with Gasteiger partial charge in [-0.2, -0.15) is 5.10 Å². The highest BCUT2D eigenvalue weighted by atomic mass is 16.7. The molecule has 2 aromatic rings. The van der Waals surface area contributed by atoms with Gasteiger partial charge in [0.15, 0.2) is 5.79 Å². The van der Waals surface area contributed by atoms with Crippen molar-refractivity contribution < 1.29 is 9.47 Å². The van der Waals surface area contributed by atoms with E-state index in [0.717, 1.165) is 24.9 Å². The highest BCUT2D eigenvalue weighted by Gasteiger charge is 2.59. The van der Waals surface area contributed by atoms with Gasteiger partial charge in [-0.15, -0.1) is 0 Å². The Balaban J connectivity index is 0.000000814. The maximum absolute atomic E-state index is 6.10. The van der Waals surface area contributed by atoms with Crippen molar-refractivity contribution in [1.29, 1.82) is 0 Å². The fraction of sp³-hybridized carbons (Fsp3) is 0.500. The summed E-state index contributed by atoms with van der Waals surface area (Å²) < 4.78 is 14.3. The third-order valence-electron chi connectivity index (χ3n) is 6.05. The van der Waals surface area contributed by atoms with Gasteiger partial charge in [0.2, 0.25) is 0 Å². The summed E-state index contributed by atoms with van der Waals surface area (Å²) >= 11 is 0. The first-order valence-electron chi connectivity index (χ1n) is 9.74. The molecule has 1 aromatic heterocycles. The van der Waals surface area contributed by atoms with Crippen LogP contribution in [0.2, 0.25) is 0 Å². The lowest BCUT2D eigenvalue weighted by Gasteiger charge is -2.41. The van der Waals surface area contributed by atoms with E-state index < -0.39 is 5.79 Å². The van der Waals surface area contributed by atoms with Crippen LogP contribution in [0.15, 0.2) is 36.0 Å². The summed E-state index contributed by atoms with van der Waals surface area (Å²) in [6.07, 6.45) is 7.26. The molecule has 1 saturated heterocycles. The molecule has 1 aromatic carbocycles. The van der Waals surface area contributed by atoms with Crippen molar-refractivity contribution in [3.63, 3.8) is 0 Å². The minimum Gasteiger partial charge on any atom is -0.347 e. The minimum atomic E-state index is -0.428. The largest absolute Gasteiger partial charge is 0.347 e. The zero-order valence-electron chi connectivity index (χ0n) is 16.2. The fourth-order valence-corrected chi connectivity index (χ4v) is 4.61. The predicted octanol–water partition coefficient (Wildman–Crippen LogP) is 4.69. The molecule has 5 rings (SSSR count). The SMILES string of the molecule is CC.Cc1ccc(-n2ncc3c2C=C2CCC4(OCCO4)C2(C)C3)cc1. The van der Waals surface area contributed by atoms with Crippen molar-refractivity contribution in [2.75, 3.05) is 13.2 Å². The van der Waals surface area contributed by atoms with E-state index in [1.807, 2.05) is 20.0 Å². The third kappa shape index (κ3) is 2.39. The molecule has 2 fully saturated rings. The van der Waals surface area contributed by atoms with Crippen molar-refractivity contribution in [3.8, 4) is 5.69 Å². The van der Waals surface area contributed by atoms with Crippen LogP contribution in [0, 0.1) is 12.3 Å². The Morgan fingerprint density at radius 2 is 1.77 bits per heavy atom. The number of benzene rings is 1. The van der Waals surface area contributed by atoms with Crippen LogP contribution in [0.25, 0.3) is 11.8 Å². The first-order valence-corrected chi connectivity index (χ1v) is 9.74. The molecule has 1 spiro atoms. The average Bonchev–Trinajstić information content (AvgIpc) is 3.36. The second-order valence-electron chi connectivity index (χ2n) is 7.43. The van der Waals surface area contributed by atoms with E-state index in [1.54, 1.807) is 0 Å². The van der Waals surface area contributed by atoms with Crippen LogP contribution in [-0.4, -0.2) is 28.8 Å². The van der Waals surface area contributed by atoms with E-state index in [9.17, 15) is 0 Å². The molecule has 3 aliphatic rings. The molecule has 26 heavy (non-hydrogen) atoms. The Morgan fingerprint density at radius 3 is 2.46 bits per heavy atom. The van der Waals surface area contributed by atoms with Crippen molar-refractivity contribution in [3.05, 3.63) is 52.9 Å². The molecule has 2 heterocycles. The summed E-state index contributed by atoms with van der Waals surface area (Å²) in [5.41, 5.74) is 6.23. The lowest BCUT2D eigenvalue weighted by atomic mass is 9.72. The maximum atomic E-state index is 6.10. The smallest absolute Gasteiger partial charge is 0.178 e. The number of nitrogens with zero attached hydrogens (tertiary/aromatic N) is 2. The molecule has 4 nitrogen and oxygen atoms in total. The van der Waals surface area contributed by atoms with Gasteiger partial charge in [-0.05, 0) is 43.5 Å². The van der Waals surface area contributed by atoms with Crippen LogP contribution in [-0.2, 0) is 15.9 Å². The van der Waals surface area contributed by atoms with E-state index >= 15 is 0 Å². The molecule has 0 N–H and O–H groups in total. The maximum Gasteiger partial charge on any atom is 0.178 e. The van der Waals surface area contributed by atoms with Gasteiger partial charge in [0.05, 0.1) is 30.8 Å². The van der Waals surface area contributed by atoms with Crippen molar-refractivity contribution >= 4 is 6.08 Å². The van der Waals surface area contributed by atoms with Crippen LogP contribution in [0.1, 0.15) is 50.4 Å². The molecule has 0 radical (unpaired) electrons. The van der Waals surface area contributed by atoms with Crippen LogP contribution in [0.4, 0.5) is 0 Å². The molecule has 0 bridgehead atoms. The molecule has 1 unspecified atom stereocenters. The van der Waals surface area contributed by atoms with Crippen molar-refractivity contribution in [2.24, 2.45) is 5.41 Å².